The van der Waals surface area contributed by atoms with E-state index < -0.39 is 5.17 Å². The Balaban J connectivity index is 0. The summed E-state index contributed by atoms with van der Waals surface area (Å²) in [6.45, 7) is 2.23. The molecule has 1 aromatic rings. The average molecular weight is 468 g/mol. The maximum atomic E-state index is 7.56. The third-order valence-corrected chi connectivity index (χ3v) is 2.82. The molecule has 0 atom stereocenters. The van der Waals surface area contributed by atoms with E-state index in [-0.39, 0.29) is 54.1 Å². The number of hydrogen-bond donors (Lipinski definition) is 3. The Morgan fingerprint density at radius 3 is 2.18 bits per heavy atom. The maximum absolute atomic E-state index is 7.56. The van der Waals surface area contributed by atoms with Crippen LogP contribution in [0.15, 0.2) is 24.3 Å². The van der Waals surface area contributed by atoms with E-state index in [0.29, 0.717) is 0 Å². The van der Waals surface area contributed by atoms with Crippen LogP contribution in [0, 0.1) is 0 Å². The van der Waals surface area contributed by atoms with E-state index in [1.54, 1.807) is 0 Å². The van der Waals surface area contributed by atoms with Gasteiger partial charge in [-0.1, -0.05) is 50.8 Å². The van der Waals surface area contributed by atoms with Gasteiger partial charge in [0.25, 0.3) is 10.3 Å². The molecule has 0 heterocycles. The van der Waals surface area contributed by atoms with E-state index in [1.165, 1.54) is 37.7 Å². The van der Waals surface area contributed by atoms with Gasteiger partial charge in [0, 0.05) is 0 Å². The Hall–Kier alpha value is 0.171. The van der Waals surface area contributed by atoms with Crippen molar-refractivity contribution in [3.8, 4) is 5.75 Å². The number of aryl methyl sites for hydroxylation is 1. The van der Waals surface area contributed by atoms with E-state index in [0.717, 1.165) is 12.2 Å². The summed E-state index contributed by atoms with van der Waals surface area (Å²) in [5.74, 6) is 0.801. The van der Waals surface area contributed by atoms with E-state index in [9.17, 15) is 0 Å². The molecule has 0 unspecified atom stereocenters. The average Bonchev–Trinajstić information content (AvgIpc) is 2.39. The van der Waals surface area contributed by atoms with Crippen molar-refractivity contribution < 1.29 is 9.84 Å². The number of benzene rings is 1. The van der Waals surface area contributed by atoms with Crippen LogP contribution in [-0.4, -0.2) is 64.3 Å². The van der Waals surface area contributed by atoms with Gasteiger partial charge in [0.1, 0.15) is 5.75 Å². The summed E-state index contributed by atoms with van der Waals surface area (Å²) < 4.78 is 5.33. The summed E-state index contributed by atoms with van der Waals surface area (Å²) in [6.07, 6.45) is 7.41. The first-order valence-corrected chi connectivity index (χ1v) is 7.82. The van der Waals surface area contributed by atoms with Crippen LogP contribution in [-0.2, 0) is 6.42 Å². The number of rotatable bonds is 7. The van der Waals surface area contributed by atoms with Crippen LogP contribution in [0.1, 0.15) is 44.6 Å². The molecular weight excluding hydrogens is 442 g/mol. The molecule has 0 bridgehead atoms. The van der Waals surface area contributed by atoms with Gasteiger partial charge in [0.15, 0.2) is 0 Å². The van der Waals surface area contributed by atoms with Gasteiger partial charge in [-0.05, 0) is 48.9 Å². The van der Waals surface area contributed by atoms with E-state index in [1.807, 2.05) is 18.2 Å². The van der Waals surface area contributed by atoms with Crippen LogP contribution in [0.4, 0.5) is 0 Å². The van der Waals surface area contributed by atoms with Crippen LogP contribution in [0.25, 0.3) is 0 Å². The molecule has 0 aliphatic rings. The summed E-state index contributed by atoms with van der Waals surface area (Å²) in [7, 11) is 0. The Morgan fingerprint density at radius 2 is 1.64 bits per heavy atom. The van der Waals surface area contributed by atoms with Crippen molar-refractivity contribution in [2.45, 2.75) is 45.4 Å². The Bertz CT molecular complexity index is 441. The van der Waals surface area contributed by atoms with Crippen molar-refractivity contribution in [1.29, 1.82) is 0 Å². The van der Waals surface area contributed by atoms with Crippen molar-refractivity contribution in [2.24, 2.45) is 11.5 Å². The molecule has 0 aliphatic carbocycles. The molecule has 0 radical (unpaired) electrons. The first-order chi connectivity index (χ1) is 9.97. The number of thiocarbonyl (C=S) groups is 2. The monoisotopic (exact) mass is 468 g/mol. The molecule has 0 amide bonds. The SMILES string of the molecule is CCCCCCCc1ccccc1OC(N)=S.NC(O)=S.[BaH2]. The minimum atomic E-state index is -0.500. The normalized spacial score (nSPS) is 8.95. The fraction of sp³-hybridized carbons (Fsp3) is 0.467. The fourth-order valence-electron chi connectivity index (χ4n) is 1.84. The van der Waals surface area contributed by atoms with Crippen LogP contribution in [0.2, 0.25) is 0 Å². The van der Waals surface area contributed by atoms with Crippen LogP contribution in [0.5, 0.6) is 5.75 Å². The van der Waals surface area contributed by atoms with Gasteiger partial charge in [-0.2, -0.15) is 0 Å². The zero-order chi connectivity index (χ0) is 16.1. The second-order valence-corrected chi connectivity index (χ2v) is 5.35. The van der Waals surface area contributed by atoms with Crippen molar-refractivity contribution >= 4 is 83.7 Å². The van der Waals surface area contributed by atoms with E-state index in [2.05, 4.69) is 30.9 Å². The van der Waals surface area contributed by atoms with Crippen LogP contribution >= 0.6 is 24.4 Å². The molecule has 0 saturated carbocycles. The summed E-state index contributed by atoms with van der Waals surface area (Å²) in [5, 5.41) is 7.15. The van der Waals surface area contributed by atoms with E-state index >= 15 is 0 Å². The van der Waals surface area contributed by atoms with Gasteiger partial charge >= 0.3 is 48.9 Å². The second-order valence-electron chi connectivity index (χ2n) is 4.53. The van der Waals surface area contributed by atoms with Crippen molar-refractivity contribution in [2.75, 3.05) is 0 Å². The number of ether oxygens (including phenoxy) is 1. The third kappa shape index (κ3) is 15.1. The molecule has 0 spiro atoms. The van der Waals surface area contributed by atoms with Crippen LogP contribution < -0.4 is 16.2 Å². The number of para-hydroxylation sites is 1. The van der Waals surface area contributed by atoms with Gasteiger partial charge in [0.2, 0.25) is 0 Å². The molecule has 1 rings (SSSR count). The van der Waals surface area contributed by atoms with Gasteiger partial charge < -0.3 is 21.3 Å². The van der Waals surface area contributed by atoms with Gasteiger partial charge in [-0.3, -0.25) is 0 Å². The number of hydrogen-bond acceptors (Lipinski definition) is 3. The zero-order valence-electron chi connectivity index (χ0n) is 12.4. The number of aliphatic hydroxyl groups is 1. The van der Waals surface area contributed by atoms with Crippen LogP contribution in [0.3, 0.4) is 0 Å². The molecule has 5 N–H and O–H groups in total. The number of nitrogens with two attached hydrogens (primary N) is 2. The molecule has 0 aromatic heterocycles. The summed E-state index contributed by atoms with van der Waals surface area (Å²) in [5.41, 5.74) is 11.0. The molecule has 22 heavy (non-hydrogen) atoms. The van der Waals surface area contributed by atoms with E-state index in [4.69, 9.17) is 27.8 Å². The third-order valence-electron chi connectivity index (χ3n) is 2.73. The minimum absolute atomic E-state index is 0. The molecular formula is C15H26BaN2O2S2. The Kier molecular flexibility index (Phi) is 17.8. The fourth-order valence-corrected chi connectivity index (χ4v) is 1.93. The Morgan fingerprint density at radius 1 is 1.09 bits per heavy atom. The molecule has 0 fully saturated rings. The summed E-state index contributed by atoms with van der Waals surface area (Å²) >= 11 is 8.63. The van der Waals surface area contributed by atoms with Crippen molar-refractivity contribution in [3.05, 3.63) is 29.8 Å². The molecule has 122 valence electrons. The number of unbranched alkanes of at least 4 members (excludes halogenated alkanes) is 4. The topological polar surface area (TPSA) is 81.5 Å². The van der Waals surface area contributed by atoms with Gasteiger partial charge in [-0.25, -0.2) is 0 Å². The predicted molar refractivity (Wildman–Crippen MR) is 104 cm³/mol. The quantitative estimate of drug-likeness (QED) is 0.325. The standard InChI is InChI=1S/C14H21NOS.CH3NOS.Ba.2H/c1-2-3-4-5-6-9-12-10-7-8-11-13(12)16-14(15)17;2-1(3)4;;;/h7-8,10-11H,2-6,9H2,1H3,(H2,15,17);(H3,2,3,4);;;. The molecule has 0 saturated heterocycles. The molecule has 1 aromatic carbocycles. The van der Waals surface area contributed by atoms with Gasteiger partial charge in [-0.15, -0.1) is 0 Å². The van der Waals surface area contributed by atoms with Gasteiger partial charge in [0.05, 0.1) is 0 Å². The first-order valence-electron chi connectivity index (χ1n) is 7.01. The molecule has 7 heteroatoms. The molecule has 0 aliphatic heterocycles. The second kappa shape index (κ2) is 16.0. The predicted octanol–water partition coefficient (Wildman–Crippen LogP) is 2.69. The Labute approximate surface area is 184 Å². The zero-order valence-corrected chi connectivity index (χ0v) is 14.0. The summed E-state index contributed by atoms with van der Waals surface area (Å²) in [6, 6.07) is 7.95. The van der Waals surface area contributed by atoms with Crippen molar-refractivity contribution in [1.82, 2.24) is 0 Å². The first kappa shape index (κ1) is 24.4. The molecule has 4 nitrogen and oxygen atoms in total. The summed E-state index contributed by atoms with van der Waals surface area (Å²) in [4.78, 5) is 0. The number of aliphatic hydroxyl groups excluding tert-OH is 1. The van der Waals surface area contributed by atoms with Crippen molar-refractivity contribution in [3.63, 3.8) is 0 Å².